The van der Waals surface area contributed by atoms with E-state index in [4.69, 9.17) is 5.10 Å². The molecule has 21 heavy (non-hydrogen) atoms. The lowest BCUT2D eigenvalue weighted by atomic mass is 9.81. The lowest BCUT2D eigenvalue weighted by Crippen LogP contribution is -2.21. The number of rotatable bonds is 4. The minimum Gasteiger partial charge on any atom is -0.265 e. The summed E-state index contributed by atoms with van der Waals surface area (Å²) in [4.78, 5) is 0. The largest absolute Gasteiger partial charge is 0.265 e. The lowest BCUT2D eigenvalue weighted by molar-refractivity contribution is 0.317. The van der Waals surface area contributed by atoms with E-state index in [0.717, 1.165) is 11.0 Å². The van der Waals surface area contributed by atoms with Crippen molar-refractivity contribution >= 4 is 15.9 Å². The van der Waals surface area contributed by atoms with Gasteiger partial charge in [0.25, 0.3) is 0 Å². The van der Waals surface area contributed by atoms with Crippen molar-refractivity contribution in [1.29, 1.82) is 0 Å². The molecule has 3 heteroatoms. The molecule has 0 amide bonds. The molecule has 1 aromatic rings. The van der Waals surface area contributed by atoms with Crippen LogP contribution in [-0.2, 0) is 12.8 Å². The lowest BCUT2D eigenvalue weighted by Gasteiger charge is -2.28. The molecule has 0 aliphatic heterocycles. The Labute approximate surface area is 137 Å². The van der Waals surface area contributed by atoms with Crippen molar-refractivity contribution in [3.05, 3.63) is 28.0 Å². The van der Waals surface area contributed by atoms with Crippen LogP contribution in [0.2, 0.25) is 0 Å². The van der Waals surface area contributed by atoms with Gasteiger partial charge in [0.15, 0.2) is 0 Å². The zero-order chi connectivity index (χ0) is 14.8. The van der Waals surface area contributed by atoms with Crippen molar-refractivity contribution in [3.8, 4) is 0 Å². The molecular formula is C18H27BrN2. The van der Waals surface area contributed by atoms with Crippen LogP contribution in [0.25, 0.3) is 0 Å². The highest BCUT2D eigenvalue weighted by atomic mass is 79.9. The van der Waals surface area contributed by atoms with E-state index in [0.29, 0.717) is 12.0 Å². The zero-order valence-electron chi connectivity index (χ0n) is 13.2. The highest BCUT2D eigenvalue weighted by Crippen LogP contribution is 2.38. The monoisotopic (exact) mass is 350 g/mol. The van der Waals surface area contributed by atoms with Crippen molar-refractivity contribution in [1.82, 2.24) is 9.78 Å². The van der Waals surface area contributed by atoms with Gasteiger partial charge in [0, 0.05) is 11.3 Å². The summed E-state index contributed by atoms with van der Waals surface area (Å²) in [6, 6.07) is 0.647. The van der Waals surface area contributed by atoms with Crippen molar-refractivity contribution in [2.75, 3.05) is 0 Å². The summed E-state index contributed by atoms with van der Waals surface area (Å²) >= 11 is 3.72. The van der Waals surface area contributed by atoms with E-state index < -0.39 is 0 Å². The Bertz CT molecular complexity index is 512. The maximum Gasteiger partial charge on any atom is 0.131 e. The van der Waals surface area contributed by atoms with Gasteiger partial charge in [-0.1, -0.05) is 44.8 Å². The Balaban J connectivity index is 1.80. The predicted octanol–water partition coefficient (Wildman–Crippen LogP) is 5.61. The maximum absolute atomic E-state index is 4.86. The van der Waals surface area contributed by atoms with Crippen LogP contribution in [0, 0.1) is 5.92 Å². The number of nitrogens with zero attached hydrogens (tertiary/aromatic N) is 2. The van der Waals surface area contributed by atoms with Crippen molar-refractivity contribution in [2.24, 2.45) is 5.92 Å². The smallest absolute Gasteiger partial charge is 0.131 e. The van der Waals surface area contributed by atoms with Gasteiger partial charge in [0.1, 0.15) is 4.60 Å². The third-order valence-electron chi connectivity index (χ3n) is 5.32. The van der Waals surface area contributed by atoms with E-state index in [2.05, 4.69) is 34.1 Å². The Hall–Kier alpha value is -0.570. The molecule has 1 atom stereocenters. The van der Waals surface area contributed by atoms with Crippen molar-refractivity contribution < 1.29 is 0 Å². The van der Waals surface area contributed by atoms with Crippen LogP contribution in [0.1, 0.15) is 75.6 Å². The number of hydrogen-bond donors (Lipinski definition) is 0. The maximum atomic E-state index is 4.86. The van der Waals surface area contributed by atoms with E-state index in [9.17, 15) is 0 Å². The minimum absolute atomic E-state index is 0.647. The number of allylic oxidation sites excluding steroid dienone is 1. The molecule has 3 rings (SSSR count). The van der Waals surface area contributed by atoms with E-state index >= 15 is 0 Å². The molecule has 1 fully saturated rings. The van der Waals surface area contributed by atoms with Gasteiger partial charge in [0.05, 0.1) is 6.04 Å². The Kier molecular flexibility index (Phi) is 4.88. The molecule has 0 bridgehead atoms. The Morgan fingerprint density at radius 2 is 2.05 bits per heavy atom. The number of aromatic nitrogens is 2. The topological polar surface area (TPSA) is 17.8 Å². The molecule has 0 aromatic carbocycles. The first kappa shape index (κ1) is 15.3. The van der Waals surface area contributed by atoms with Gasteiger partial charge in [-0.25, -0.2) is 0 Å². The Morgan fingerprint density at radius 3 is 2.76 bits per heavy atom. The van der Waals surface area contributed by atoms with Crippen LogP contribution in [0.4, 0.5) is 0 Å². The van der Waals surface area contributed by atoms with E-state index in [1.165, 1.54) is 74.6 Å². The minimum atomic E-state index is 0.647. The van der Waals surface area contributed by atoms with Gasteiger partial charge in [-0.15, -0.1) is 0 Å². The van der Waals surface area contributed by atoms with Gasteiger partial charge in [0.2, 0.25) is 0 Å². The quantitative estimate of drug-likeness (QED) is 0.645. The SMILES string of the molecule is C=C(CCC)C1CCc2c(c(Br)nn2C2CCCCC2)C1. The summed E-state index contributed by atoms with van der Waals surface area (Å²) in [7, 11) is 0. The van der Waals surface area contributed by atoms with Gasteiger partial charge < -0.3 is 0 Å². The molecule has 2 nitrogen and oxygen atoms in total. The predicted molar refractivity (Wildman–Crippen MR) is 91.6 cm³/mol. The summed E-state index contributed by atoms with van der Waals surface area (Å²) in [5.41, 5.74) is 4.42. The fraction of sp³-hybridized carbons (Fsp3) is 0.722. The zero-order valence-corrected chi connectivity index (χ0v) is 14.8. The molecule has 1 aromatic heterocycles. The number of hydrogen-bond acceptors (Lipinski definition) is 1. The third-order valence-corrected chi connectivity index (χ3v) is 5.96. The van der Waals surface area contributed by atoms with Crippen LogP contribution < -0.4 is 0 Å². The normalized spacial score (nSPS) is 23.0. The Morgan fingerprint density at radius 1 is 1.29 bits per heavy atom. The molecule has 0 saturated heterocycles. The summed E-state index contributed by atoms with van der Waals surface area (Å²) in [6.07, 6.45) is 12.7. The average Bonchev–Trinajstić information content (AvgIpc) is 2.85. The second kappa shape index (κ2) is 6.68. The fourth-order valence-electron chi connectivity index (χ4n) is 4.10. The number of halogens is 1. The second-order valence-electron chi connectivity index (χ2n) is 6.80. The highest BCUT2D eigenvalue weighted by molar-refractivity contribution is 9.10. The first-order chi connectivity index (χ1) is 10.2. The van der Waals surface area contributed by atoms with Crippen LogP contribution in [0.15, 0.2) is 16.8 Å². The standard InChI is InChI=1S/C18H27BrN2/c1-3-7-13(2)14-10-11-17-16(12-14)18(19)20-21(17)15-8-5-4-6-9-15/h14-15H,2-12H2,1H3. The van der Waals surface area contributed by atoms with E-state index in [-0.39, 0.29) is 0 Å². The van der Waals surface area contributed by atoms with E-state index in [1.54, 1.807) is 0 Å². The average molecular weight is 351 g/mol. The molecule has 1 saturated carbocycles. The molecule has 1 unspecified atom stereocenters. The van der Waals surface area contributed by atoms with E-state index in [1.807, 2.05) is 0 Å². The summed E-state index contributed by atoms with van der Waals surface area (Å²) in [6.45, 7) is 6.57. The molecule has 2 aliphatic rings. The number of fused-ring (bicyclic) bond motifs is 1. The van der Waals surface area contributed by atoms with Gasteiger partial charge >= 0.3 is 0 Å². The molecule has 1 heterocycles. The molecule has 2 aliphatic carbocycles. The summed E-state index contributed by atoms with van der Waals surface area (Å²) in [5.74, 6) is 0.665. The van der Waals surface area contributed by atoms with Gasteiger partial charge in [-0.2, -0.15) is 5.10 Å². The summed E-state index contributed by atoms with van der Waals surface area (Å²) < 4.78 is 3.47. The molecule has 116 valence electrons. The molecular weight excluding hydrogens is 324 g/mol. The fourth-order valence-corrected chi connectivity index (χ4v) is 4.66. The van der Waals surface area contributed by atoms with Crippen molar-refractivity contribution in [2.45, 2.75) is 77.2 Å². The van der Waals surface area contributed by atoms with Crippen LogP contribution >= 0.6 is 15.9 Å². The molecule has 0 radical (unpaired) electrons. The van der Waals surface area contributed by atoms with Crippen LogP contribution in [0.3, 0.4) is 0 Å². The van der Waals surface area contributed by atoms with Crippen LogP contribution in [-0.4, -0.2) is 9.78 Å². The van der Waals surface area contributed by atoms with Crippen LogP contribution in [0.5, 0.6) is 0 Å². The molecule has 0 N–H and O–H groups in total. The summed E-state index contributed by atoms with van der Waals surface area (Å²) in [5, 5.41) is 4.86. The second-order valence-corrected chi connectivity index (χ2v) is 7.55. The highest BCUT2D eigenvalue weighted by Gasteiger charge is 2.29. The first-order valence-electron chi connectivity index (χ1n) is 8.64. The first-order valence-corrected chi connectivity index (χ1v) is 9.43. The van der Waals surface area contributed by atoms with Gasteiger partial charge in [-0.3, -0.25) is 4.68 Å². The van der Waals surface area contributed by atoms with Crippen molar-refractivity contribution in [3.63, 3.8) is 0 Å². The molecule has 0 spiro atoms. The van der Waals surface area contributed by atoms with Gasteiger partial charge in [-0.05, 0) is 60.4 Å². The third kappa shape index (κ3) is 3.13.